The van der Waals surface area contributed by atoms with E-state index in [2.05, 4.69) is 15.6 Å². The zero-order chi connectivity index (χ0) is 36.1. The largest absolute Gasteiger partial charge is 0.481 e. The van der Waals surface area contributed by atoms with Gasteiger partial charge in [0.1, 0.15) is 5.60 Å². The maximum absolute atomic E-state index is 14.1. The van der Waals surface area contributed by atoms with Crippen LogP contribution in [0.15, 0.2) is 76.7 Å². The number of carboxylic acids is 1. The average Bonchev–Trinajstić information content (AvgIpc) is 3.45. The fraction of sp³-hybridized carbons (Fsp3) is 0.314. The molecule has 4 aromatic rings. The summed E-state index contributed by atoms with van der Waals surface area (Å²) in [7, 11) is 4.63. The lowest BCUT2D eigenvalue weighted by Crippen LogP contribution is -2.38. The molecule has 264 valence electrons. The van der Waals surface area contributed by atoms with E-state index in [0.29, 0.717) is 34.8 Å². The number of aliphatic carboxylic acids is 1. The number of alkyl carbamates (subject to hydrolysis) is 1. The molecular formula is C35H40N6O6S3. The molecule has 0 aliphatic rings. The van der Waals surface area contributed by atoms with E-state index in [1.54, 1.807) is 52.2 Å². The van der Waals surface area contributed by atoms with E-state index < -0.39 is 23.7 Å². The van der Waals surface area contributed by atoms with Crippen LogP contribution in [0.5, 0.6) is 0 Å². The molecule has 0 aliphatic carbocycles. The van der Waals surface area contributed by atoms with Crippen molar-refractivity contribution in [3.63, 3.8) is 0 Å². The topological polar surface area (TPSA) is 156 Å². The van der Waals surface area contributed by atoms with Gasteiger partial charge in [-0.15, -0.1) is 0 Å². The number of hydrogen-bond acceptors (Lipinski definition) is 10. The van der Waals surface area contributed by atoms with E-state index in [4.69, 9.17) is 9.84 Å². The minimum Gasteiger partial charge on any atom is -0.481 e. The molecule has 0 bridgehead atoms. The highest BCUT2D eigenvalue weighted by Gasteiger charge is 2.22. The molecule has 0 aliphatic heterocycles. The number of carbonyl (C=O) groups is 4. The number of amides is 3. The molecule has 12 nitrogen and oxygen atoms in total. The molecule has 0 saturated heterocycles. The van der Waals surface area contributed by atoms with Crippen LogP contribution in [0, 0.1) is 0 Å². The monoisotopic (exact) mass is 736 g/mol. The number of aromatic nitrogens is 3. The van der Waals surface area contributed by atoms with Gasteiger partial charge in [0.25, 0.3) is 5.91 Å². The van der Waals surface area contributed by atoms with Crippen LogP contribution >= 0.6 is 33.3 Å². The Morgan fingerprint density at radius 1 is 0.980 bits per heavy atom. The number of carboxylic acid groups (broad SMARTS) is 1. The van der Waals surface area contributed by atoms with E-state index in [9.17, 15) is 24.3 Å². The molecule has 0 fully saturated rings. The molecule has 3 amide bonds. The SMILES string of the molecule is CNC(=O)c1ccccc1Sc1ccc2c(/C=C/c3ccccn3)nn(C(=O)N(CCSSCCNC(=O)OC(C)(C)C)CCC(=O)O)c2c1. The number of nitrogens with zero attached hydrogens (tertiary/aromatic N) is 4. The molecule has 3 N–H and O–H groups in total. The first-order valence-corrected chi connectivity index (χ1v) is 19.1. The summed E-state index contributed by atoms with van der Waals surface area (Å²) in [6.07, 6.45) is 4.58. The maximum atomic E-state index is 14.1. The highest BCUT2D eigenvalue weighted by Crippen LogP contribution is 2.34. The Morgan fingerprint density at radius 3 is 2.46 bits per heavy atom. The van der Waals surface area contributed by atoms with Gasteiger partial charge in [-0.1, -0.05) is 51.5 Å². The van der Waals surface area contributed by atoms with Crippen LogP contribution in [0.2, 0.25) is 0 Å². The second-order valence-corrected chi connectivity index (χ2v) is 15.5. The number of rotatable bonds is 15. The zero-order valence-corrected chi connectivity index (χ0v) is 30.7. The molecule has 2 aromatic heterocycles. The van der Waals surface area contributed by atoms with Gasteiger partial charge in [0.05, 0.1) is 28.9 Å². The highest BCUT2D eigenvalue weighted by molar-refractivity contribution is 8.76. The number of ether oxygens (including phenoxy) is 1. The van der Waals surface area contributed by atoms with Gasteiger partial charge in [-0.05, 0) is 75.4 Å². The van der Waals surface area contributed by atoms with Gasteiger partial charge in [-0.2, -0.15) is 9.78 Å². The zero-order valence-electron chi connectivity index (χ0n) is 28.3. The molecular weight excluding hydrogens is 697 g/mol. The van der Waals surface area contributed by atoms with Gasteiger partial charge in [0, 0.05) is 59.6 Å². The first-order chi connectivity index (χ1) is 23.9. The average molecular weight is 737 g/mol. The summed E-state index contributed by atoms with van der Waals surface area (Å²) in [6, 6.07) is 18.0. The number of pyridine rings is 1. The summed E-state index contributed by atoms with van der Waals surface area (Å²) in [4.78, 5) is 57.4. The van der Waals surface area contributed by atoms with Crippen molar-refractivity contribution < 1.29 is 29.0 Å². The summed E-state index contributed by atoms with van der Waals surface area (Å²) in [5, 5.41) is 20.2. The molecule has 0 spiro atoms. The molecule has 0 atom stereocenters. The quantitative estimate of drug-likeness (QED) is 0.0875. The number of hydrogen-bond donors (Lipinski definition) is 3. The minimum atomic E-state index is -1.02. The Bertz CT molecular complexity index is 1830. The second kappa shape index (κ2) is 18.5. The highest BCUT2D eigenvalue weighted by atomic mass is 33.1. The van der Waals surface area contributed by atoms with Gasteiger partial charge in [-0.3, -0.25) is 14.6 Å². The molecule has 2 heterocycles. The van der Waals surface area contributed by atoms with Gasteiger partial charge in [0.15, 0.2) is 0 Å². The van der Waals surface area contributed by atoms with Crippen molar-refractivity contribution in [2.75, 3.05) is 38.2 Å². The van der Waals surface area contributed by atoms with E-state index in [0.717, 1.165) is 20.9 Å². The third-order valence-corrected chi connectivity index (χ3v) is 10.2. The number of nitrogens with one attached hydrogen (secondary N) is 2. The Balaban J connectivity index is 1.56. The van der Waals surface area contributed by atoms with E-state index >= 15 is 0 Å². The summed E-state index contributed by atoms with van der Waals surface area (Å²) in [6.45, 7) is 6.08. The van der Waals surface area contributed by atoms with Crippen molar-refractivity contribution in [1.82, 2.24) is 30.3 Å². The van der Waals surface area contributed by atoms with Gasteiger partial charge < -0.3 is 25.4 Å². The van der Waals surface area contributed by atoms with Gasteiger partial charge in [0.2, 0.25) is 0 Å². The molecule has 4 rings (SSSR count). The Kier molecular flexibility index (Phi) is 14.2. The summed E-state index contributed by atoms with van der Waals surface area (Å²) in [5.74, 6) is -0.0888. The van der Waals surface area contributed by atoms with Crippen LogP contribution in [-0.4, -0.2) is 92.6 Å². The van der Waals surface area contributed by atoms with Crippen LogP contribution in [0.1, 0.15) is 48.9 Å². The van der Waals surface area contributed by atoms with Gasteiger partial charge in [-0.25, -0.2) is 9.59 Å². The van der Waals surface area contributed by atoms with E-state index in [-0.39, 0.29) is 25.4 Å². The van der Waals surface area contributed by atoms with Crippen molar-refractivity contribution in [2.45, 2.75) is 42.6 Å². The van der Waals surface area contributed by atoms with Crippen LogP contribution in [0.25, 0.3) is 23.1 Å². The van der Waals surface area contributed by atoms with Crippen molar-refractivity contribution >= 4 is 80.4 Å². The number of benzene rings is 2. The third kappa shape index (κ3) is 11.6. The number of fused-ring (bicyclic) bond motifs is 1. The van der Waals surface area contributed by atoms with Gasteiger partial charge >= 0.3 is 18.1 Å². The summed E-state index contributed by atoms with van der Waals surface area (Å²) < 4.78 is 6.56. The van der Waals surface area contributed by atoms with Crippen LogP contribution in [0.4, 0.5) is 9.59 Å². The van der Waals surface area contributed by atoms with E-state index in [1.165, 1.54) is 42.9 Å². The molecule has 0 saturated carbocycles. The Hall–Kier alpha value is -4.47. The summed E-state index contributed by atoms with van der Waals surface area (Å²) in [5.41, 5.74) is 1.75. The maximum Gasteiger partial charge on any atom is 0.407 e. The standard InChI is InChI=1S/C35H40N6O6S3/c1-35(2,3)47-33(45)38-18-21-48-49-22-20-40(19-16-31(42)43)34(46)41-29-23-25(50-30-11-6-5-10-27(30)32(44)36-4)13-14-26(29)28(39-41)15-12-24-9-7-8-17-37-24/h5-15,17,23H,16,18-22H2,1-4H3,(H,36,44)(H,38,45)(H,42,43)/b15-12+. The fourth-order valence-corrected chi connectivity index (χ4v) is 7.41. The lowest BCUT2D eigenvalue weighted by atomic mass is 10.2. The predicted molar refractivity (Wildman–Crippen MR) is 201 cm³/mol. The fourth-order valence-electron chi connectivity index (χ4n) is 4.54. The van der Waals surface area contributed by atoms with Crippen LogP contribution in [-0.2, 0) is 9.53 Å². The van der Waals surface area contributed by atoms with Crippen molar-refractivity contribution in [1.29, 1.82) is 0 Å². The van der Waals surface area contributed by atoms with Crippen molar-refractivity contribution in [2.24, 2.45) is 0 Å². The summed E-state index contributed by atoms with van der Waals surface area (Å²) >= 11 is 1.39. The molecule has 2 aromatic carbocycles. The molecule has 50 heavy (non-hydrogen) atoms. The van der Waals surface area contributed by atoms with Crippen molar-refractivity contribution in [3.8, 4) is 0 Å². The van der Waals surface area contributed by atoms with Crippen LogP contribution < -0.4 is 10.6 Å². The molecule has 0 radical (unpaired) electrons. The Labute approximate surface area is 303 Å². The third-order valence-electron chi connectivity index (χ3n) is 6.80. The van der Waals surface area contributed by atoms with Crippen LogP contribution in [0.3, 0.4) is 0 Å². The van der Waals surface area contributed by atoms with E-state index in [1.807, 2.05) is 54.6 Å². The second-order valence-electron chi connectivity index (χ2n) is 11.7. The normalized spacial score (nSPS) is 11.4. The van der Waals surface area contributed by atoms with Crippen molar-refractivity contribution in [3.05, 3.63) is 83.8 Å². The molecule has 0 unspecified atom stereocenters. The minimum absolute atomic E-state index is 0.00595. The first kappa shape index (κ1) is 38.3. The lowest BCUT2D eigenvalue weighted by molar-refractivity contribution is -0.137. The number of carbonyl (C=O) groups excluding carboxylic acids is 3. The smallest absolute Gasteiger partial charge is 0.407 e. The Morgan fingerprint density at radius 2 is 1.74 bits per heavy atom. The lowest BCUT2D eigenvalue weighted by Gasteiger charge is -2.22. The molecule has 15 heteroatoms. The predicted octanol–water partition coefficient (Wildman–Crippen LogP) is 6.76. The first-order valence-electron chi connectivity index (χ1n) is 15.8.